The SMILES string of the molecule is CC1(C)c2ccccc2-c2ccc(N(c3ccc(-c4cccc5ccccc45)cc3)c3ccccc3C3(C4C=CC=CC4)c4ccccc4-c4ccccc4-c4cccc3c4-c3ccccc3)cc21. The van der Waals surface area contributed by atoms with E-state index in [2.05, 4.69) is 274 Å². The molecular weight excluding hydrogens is 831 g/mol. The van der Waals surface area contributed by atoms with Gasteiger partial charge in [0.05, 0.1) is 11.1 Å². The molecule has 0 heterocycles. The lowest BCUT2D eigenvalue weighted by atomic mass is 9.56. The van der Waals surface area contributed by atoms with Gasteiger partial charge in [0.2, 0.25) is 0 Å². The molecule has 10 aromatic rings. The van der Waals surface area contributed by atoms with E-state index in [-0.39, 0.29) is 11.3 Å². The summed E-state index contributed by atoms with van der Waals surface area (Å²) in [5.74, 6) is 0.0665. The van der Waals surface area contributed by atoms with E-state index in [0.29, 0.717) is 0 Å². The van der Waals surface area contributed by atoms with Gasteiger partial charge in [-0.1, -0.05) is 238 Å². The topological polar surface area (TPSA) is 3.24 Å². The van der Waals surface area contributed by atoms with Crippen molar-refractivity contribution >= 4 is 27.8 Å². The predicted molar refractivity (Wildman–Crippen MR) is 291 cm³/mol. The first kappa shape index (κ1) is 41.0. The molecule has 0 N–H and O–H groups in total. The standard InChI is InChI=1S/C68H51N/c1-67(2)60-34-15-13-31-57(60)58-44-43-51(45-64(58)67)69(50-41-39-47(40-42-50)53-32-19-24-46-21-9-10-27-52(46)53)65-38-18-17-36-62(65)68(49-25-7-4-8-26-49)61-35-16-14-30-56(61)54-28-11-12-29-55(54)59-33-20-37-63(68)66(59)48-22-5-3-6-23-48/h3-25,27-45,49H,26H2,1-2H3. The summed E-state index contributed by atoms with van der Waals surface area (Å²) in [7, 11) is 0. The summed E-state index contributed by atoms with van der Waals surface area (Å²) < 4.78 is 0. The van der Waals surface area contributed by atoms with Gasteiger partial charge in [-0.3, -0.25) is 0 Å². The fraction of sp³-hybridized carbons (Fsp3) is 0.0882. The Bertz CT molecular complexity index is 3680. The molecule has 328 valence electrons. The highest BCUT2D eigenvalue weighted by atomic mass is 15.1. The largest absolute Gasteiger partial charge is 0.310 e. The number of para-hydroxylation sites is 1. The van der Waals surface area contributed by atoms with Crippen LogP contribution in [0.1, 0.15) is 48.1 Å². The molecule has 2 unspecified atom stereocenters. The number of nitrogens with zero attached hydrogens (tertiary/aromatic N) is 1. The van der Waals surface area contributed by atoms with E-state index in [1.807, 2.05) is 0 Å². The minimum atomic E-state index is -0.670. The third kappa shape index (κ3) is 6.30. The van der Waals surface area contributed by atoms with Crippen LogP contribution in [0.15, 0.2) is 255 Å². The zero-order valence-corrected chi connectivity index (χ0v) is 39.0. The fourth-order valence-corrected chi connectivity index (χ4v) is 12.5. The van der Waals surface area contributed by atoms with Crippen molar-refractivity contribution in [2.24, 2.45) is 5.92 Å². The van der Waals surface area contributed by atoms with Crippen molar-refractivity contribution in [3.05, 3.63) is 283 Å². The summed E-state index contributed by atoms with van der Waals surface area (Å²) in [5, 5.41) is 2.50. The van der Waals surface area contributed by atoms with Crippen LogP contribution in [0, 0.1) is 5.92 Å². The van der Waals surface area contributed by atoms with Gasteiger partial charge in [-0.05, 0) is 137 Å². The third-order valence-corrected chi connectivity index (χ3v) is 15.6. The maximum Gasteiger partial charge on any atom is 0.0549 e. The van der Waals surface area contributed by atoms with Gasteiger partial charge in [-0.2, -0.15) is 0 Å². The van der Waals surface area contributed by atoms with E-state index in [1.165, 1.54) is 94.2 Å². The minimum Gasteiger partial charge on any atom is -0.310 e. The Labute approximate surface area is 406 Å². The van der Waals surface area contributed by atoms with Crippen molar-refractivity contribution in [3.8, 4) is 55.6 Å². The van der Waals surface area contributed by atoms with Crippen molar-refractivity contribution in [3.63, 3.8) is 0 Å². The molecule has 0 aliphatic heterocycles. The molecule has 0 saturated heterocycles. The van der Waals surface area contributed by atoms with Crippen LogP contribution in [0.3, 0.4) is 0 Å². The Morgan fingerprint density at radius 1 is 0.391 bits per heavy atom. The summed E-state index contributed by atoms with van der Waals surface area (Å²) in [6.07, 6.45) is 10.2. The van der Waals surface area contributed by atoms with Gasteiger partial charge in [-0.25, -0.2) is 0 Å². The van der Waals surface area contributed by atoms with Crippen LogP contribution in [0.4, 0.5) is 17.1 Å². The molecule has 3 aliphatic rings. The van der Waals surface area contributed by atoms with E-state index in [9.17, 15) is 0 Å². The molecule has 1 nitrogen and oxygen atoms in total. The monoisotopic (exact) mass is 881 g/mol. The third-order valence-electron chi connectivity index (χ3n) is 15.6. The second kappa shape index (κ2) is 16.2. The normalized spacial score (nSPS) is 17.0. The first-order chi connectivity index (χ1) is 34.0. The highest BCUT2D eigenvalue weighted by Crippen LogP contribution is 2.60. The lowest BCUT2D eigenvalue weighted by Gasteiger charge is -2.47. The second-order valence-electron chi connectivity index (χ2n) is 19.5. The van der Waals surface area contributed by atoms with Crippen LogP contribution in [0.5, 0.6) is 0 Å². The van der Waals surface area contributed by atoms with Gasteiger partial charge in [0.1, 0.15) is 0 Å². The zero-order chi connectivity index (χ0) is 46.1. The van der Waals surface area contributed by atoms with Crippen molar-refractivity contribution in [1.29, 1.82) is 0 Å². The predicted octanol–water partition coefficient (Wildman–Crippen LogP) is 18.1. The smallest absolute Gasteiger partial charge is 0.0549 e. The molecule has 0 aromatic heterocycles. The summed E-state index contributed by atoms with van der Waals surface area (Å²) in [5.41, 5.74) is 21.7. The Kier molecular flexibility index (Phi) is 9.63. The number of benzene rings is 10. The number of hydrogen-bond donors (Lipinski definition) is 0. The number of anilines is 3. The summed E-state index contributed by atoms with van der Waals surface area (Å²) in [4.78, 5) is 2.56. The Morgan fingerprint density at radius 2 is 0.957 bits per heavy atom. The molecule has 13 rings (SSSR count). The molecule has 0 amide bonds. The number of hydrogen-bond acceptors (Lipinski definition) is 1. The molecule has 10 aromatic carbocycles. The molecular formula is C68H51N. The van der Waals surface area contributed by atoms with Gasteiger partial charge in [0, 0.05) is 16.8 Å². The fourth-order valence-electron chi connectivity index (χ4n) is 12.5. The average molecular weight is 882 g/mol. The summed E-state index contributed by atoms with van der Waals surface area (Å²) in [6.45, 7) is 4.77. The highest BCUT2D eigenvalue weighted by Gasteiger charge is 2.49. The van der Waals surface area contributed by atoms with E-state index in [4.69, 9.17) is 0 Å². The van der Waals surface area contributed by atoms with Crippen molar-refractivity contribution < 1.29 is 0 Å². The van der Waals surface area contributed by atoms with Crippen LogP contribution in [-0.4, -0.2) is 0 Å². The molecule has 2 atom stereocenters. The van der Waals surface area contributed by atoms with Crippen LogP contribution >= 0.6 is 0 Å². The van der Waals surface area contributed by atoms with Crippen molar-refractivity contribution in [2.75, 3.05) is 4.90 Å². The molecule has 1 heteroatoms. The maximum atomic E-state index is 2.56. The van der Waals surface area contributed by atoms with Crippen molar-refractivity contribution in [1.82, 2.24) is 0 Å². The Balaban J connectivity index is 1.13. The first-order valence-corrected chi connectivity index (χ1v) is 24.5. The number of fused-ring (bicyclic) bond motifs is 10. The quantitative estimate of drug-likeness (QED) is 0.154. The lowest BCUT2D eigenvalue weighted by Crippen LogP contribution is -2.40. The molecule has 3 aliphatic carbocycles. The maximum absolute atomic E-state index is 2.56. The number of rotatable bonds is 7. The molecule has 0 fully saturated rings. The zero-order valence-electron chi connectivity index (χ0n) is 39.0. The van der Waals surface area contributed by atoms with E-state index in [0.717, 1.165) is 23.5 Å². The average Bonchev–Trinajstić information content (AvgIpc) is 3.64. The summed E-state index contributed by atoms with van der Waals surface area (Å²) in [6, 6.07) is 86.8. The van der Waals surface area contributed by atoms with Gasteiger partial charge in [-0.15, -0.1) is 0 Å². The Morgan fingerprint density at radius 3 is 1.74 bits per heavy atom. The Hall–Kier alpha value is -8.26. The molecule has 69 heavy (non-hydrogen) atoms. The van der Waals surface area contributed by atoms with Crippen LogP contribution in [0.25, 0.3) is 66.4 Å². The van der Waals surface area contributed by atoms with Gasteiger partial charge >= 0.3 is 0 Å². The number of allylic oxidation sites excluding steroid dienone is 4. The van der Waals surface area contributed by atoms with Gasteiger partial charge < -0.3 is 4.90 Å². The highest BCUT2D eigenvalue weighted by molar-refractivity contribution is 5.99. The lowest BCUT2D eigenvalue weighted by molar-refractivity contribution is 0.450. The van der Waals surface area contributed by atoms with Crippen molar-refractivity contribution in [2.45, 2.75) is 31.1 Å². The molecule has 0 spiro atoms. The molecule has 0 saturated carbocycles. The van der Waals surface area contributed by atoms with E-state index >= 15 is 0 Å². The molecule has 0 radical (unpaired) electrons. The first-order valence-electron chi connectivity index (χ1n) is 24.5. The van der Waals surface area contributed by atoms with Gasteiger partial charge in [0.15, 0.2) is 0 Å². The second-order valence-corrected chi connectivity index (χ2v) is 19.5. The van der Waals surface area contributed by atoms with E-state index < -0.39 is 5.41 Å². The molecule has 2 bridgehead atoms. The van der Waals surface area contributed by atoms with Crippen LogP contribution in [0.2, 0.25) is 0 Å². The van der Waals surface area contributed by atoms with Crippen LogP contribution < -0.4 is 4.90 Å². The van der Waals surface area contributed by atoms with Gasteiger partial charge in [0.25, 0.3) is 0 Å². The van der Waals surface area contributed by atoms with Crippen LogP contribution in [-0.2, 0) is 10.8 Å². The minimum absolute atomic E-state index is 0.0665. The van der Waals surface area contributed by atoms with E-state index in [1.54, 1.807) is 0 Å². The summed E-state index contributed by atoms with van der Waals surface area (Å²) >= 11 is 0.